The molecule has 1 rings (SSSR count). The molecule has 0 fully saturated rings. The number of hydrogen-bond donors (Lipinski definition) is 1. The molecule has 0 aromatic heterocycles. The molecule has 0 bridgehead atoms. The number of anilines is 1. The molecule has 108 valence electrons. The number of sulfonamides is 1. The van der Waals surface area contributed by atoms with E-state index < -0.39 is 10.0 Å². The number of rotatable bonds is 7. The summed E-state index contributed by atoms with van der Waals surface area (Å²) in [5, 5.41) is 0. The molecule has 6 nitrogen and oxygen atoms in total. The zero-order valence-electron chi connectivity index (χ0n) is 10.9. The van der Waals surface area contributed by atoms with E-state index in [0.29, 0.717) is 22.9 Å². The standard InChI is InChI=1S/C11H16ClNO5S/c1-16-9-6-8(13-19(14,15)5-4-12)7-10(17-2)11(9)18-3/h6-7,13H,4-5H2,1-3H3. The van der Waals surface area contributed by atoms with Crippen molar-refractivity contribution in [3.63, 3.8) is 0 Å². The van der Waals surface area contributed by atoms with E-state index >= 15 is 0 Å². The third-order valence-corrected chi connectivity index (χ3v) is 3.99. The second kappa shape index (κ2) is 6.72. The van der Waals surface area contributed by atoms with Gasteiger partial charge in [0, 0.05) is 18.0 Å². The molecule has 19 heavy (non-hydrogen) atoms. The summed E-state index contributed by atoms with van der Waals surface area (Å²) in [6, 6.07) is 3.01. The zero-order valence-corrected chi connectivity index (χ0v) is 12.5. The third-order valence-electron chi connectivity index (χ3n) is 2.28. The molecular formula is C11H16ClNO5S. The highest BCUT2D eigenvalue weighted by atomic mass is 35.5. The summed E-state index contributed by atoms with van der Waals surface area (Å²) >= 11 is 5.43. The van der Waals surface area contributed by atoms with Crippen molar-refractivity contribution >= 4 is 27.3 Å². The Hall–Kier alpha value is -1.34. The molecule has 0 atom stereocenters. The molecule has 0 amide bonds. The van der Waals surface area contributed by atoms with Crippen molar-refractivity contribution in [2.24, 2.45) is 0 Å². The van der Waals surface area contributed by atoms with Gasteiger partial charge >= 0.3 is 0 Å². The first-order valence-corrected chi connectivity index (χ1v) is 7.52. The highest BCUT2D eigenvalue weighted by Crippen LogP contribution is 2.40. The highest BCUT2D eigenvalue weighted by Gasteiger charge is 2.16. The molecule has 0 heterocycles. The predicted molar refractivity (Wildman–Crippen MR) is 74.2 cm³/mol. The summed E-state index contributed by atoms with van der Waals surface area (Å²) in [6.07, 6.45) is 0. The van der Waals surface area contributed by atoms with Crippen LogP contribution in [0, 0.1) is 0 Å². The summed E-state index contributed by atoms with van der Waals surface area (Å²) in [5.74, 6) is 0.964. The molecule has 0 spiro atoms. The molecule has 1 aromatic rings. The summed E-state index contributed by atoms with van der Waals surface area (Å²) < 4.78 is 41.1. The van der Waals surface area contributed by atoms with Crippen LogP contribution in [0.5, 0.6) is 17.2 Å². The molecule has 0 unspecified atom stereocenters. The molecule has 0 aliphatic rings. The summed E-state index contributed by atoms with van der Waals surface area (Å²) in [6.45, 7) is 0. The van der Waals surface area contributed by atoms with Gasteiger partial charge in [-0.15, -0.1) is 11.6 Å². The van der Waals surface area contributed by atoms with E-state index in [1.165, 1.54) is 33.5 Å². The fourth-order valence-electron chi connectivity index (χ4n) is 1.47. The number of hydrogen-bond acceptors (Lipinski definition) is 5. The average molecular weight is 310 g/mol. The highest BCUT2D eigenvalue weighted by molar-refractivity contribution is 7.92. The molecule has 8 heteroatoms. The molecule has 0 saturated carbocycles. The van der Waals surface area contributed by atoms with Gasteiger partial charge in [0.2, 0.25) is 15.8 Å². The number of methoxy groups -OCH3 is 3. The topological polar surface area (TPSA) is 73.9 Å². The van der Waals surface area contributed by atoms with Gasteiger partial charge in [-0.1, -0.05) is 0 Å². The van der Waals surface area contributed by atoms with Crippen molar-refractivity contribution in [3.8, 4) is 17.2 Å². The van der Waals surface area contributed by atoms with Crippen LogP contribution in [0.25, 0.3) is 0 Å². The second-order valence-electron chi connectivity index (χ2n) is 3.52. The van der Waals surface area contributed by atoms with Crippen LogP contribution in [-0.4, -0.2) is 41.4 Å². The van der Waals surface area contributed by atoms with Crippen LogP contribution in [0.3, 0.4) is 0 Å². The fourth-order valence-corrected chi connectivity index (χ4v) is 2.86. The van der Waals surface area contributed by atoms with Crippen molar-refractivity contribution in [3.05, 3.63) is 12.1 Å². The van der Waals surface area contributed by atoms with Gasteiger partial charge in [0.1, 0.15) is 0 Å². The molecule has 0 aliphatic carbocycles. The quantitative estimate of drug-likeness (QED) is 0.776. The van der Waals surface area contributed by atoms with Crippen molar-refractivity contribution in [1.82, 2.24) is 0 Å². The second-order valence-corrected chi connectivity index (χ2v) is 5.74. The average Bonchev–Trinajstić information content (AvgIpc) is 2.36. The molecule has 0 radical (unpaired) electrons. The maximum absolute atomic E-state index is 11.6. The number of benzene rings is 1. The fraction of sp³-hybridized carbons (Fsp3) is 0.455. The lowest BCUT2D eigenvalue weighted by Crippen LogP contribution is -2.17. The van der Waals surface area contributed by atoms with Gasteiger partial charge in [0.25, 0.3) is 0 Å². The monoisotopic (exact) mass is 309 g/mol. The predicted octanol–water partition coefficient (Wildman–Crippen LogP) is 1.69. The van der Waals surface area contributed by atoms with E-state index in [9.17, 15) is 8.42 Å². The Kier molecular flexibility index (Phi) is 5.56. The lowest BCUT2D eigenvalue weighted by Gasteiger charge is -2.15. The van der Waals surface area contributed by atoms with E-state index in [2.05, 4.69) is 4.72 Å². The van der Waals surface area contributed by atoms with Crippen LogP contribution in [-0.2, 0) is 10.0 Å². The summed E-state index contributed by atoms with van der Waals surface area (Å²) in [7, 11) is 0.887. The minimum Gasteiger partial charge on any atom is -0.493 e. The Balaban J connectivity index is 3.16. The third kappa shape index (κ3) is 4.07. The summed E-state index contributed by atoms with van der Waals surface area (Å²) in [4.78, 5) is 0. The van der Waals surface area contributed by atoms with Gasteiger partial charge in [0.15, 0.2) is 11.5 Å². The van der Waals surface area contributed by atoms with E-state index in [-0.39, 0.29) is 11.6 Å². The molecular weight excluding hydrogens is 294 g/mol. The van der Waals surface area contributed by atoms with Gasteiger partial charge < -0.3 is 14.2 Å². The zero-order chi connectivity index (χ0) is 14.5. The van der Waals surface area contributed by atoms with Crippen molar-refractivity contribution in [2.75, 3.05) is 37.7 Å². The lowest BCUT2D eigenvalue weighted by molar-refractivity contribution is 0.325. The first kappa shape index (κ1) is 15.7. The largest absolute Gasteiger partial charge is 0.493 e. The maximum atomic E-state index is 11.6. The minimum atomic E-state index is -3.49. The number of ether oxygens (including phenoxy) is 3. The first-order valence-electron chi connectivity index (χ1n) is 5.34. The Morgan fingerprint density at radius 2 is 1.63 bits per heavy atom. The molecule has 1 N–H and O–H groups in total. The molecule has 0 aliphatic heterocycles. The van der Waals surface area contributed by atoms with E-state index in [0.717, 1.165) is 0 Å². The number of halogens is 1. The molecule has 1 aromatic carbocycles. The van der Waals surface area contributed by atoms with Gasteiger partial charge in [0.05, 0.1) is 32.8 Å². The lowest BCUT2D eigenvalue weighted by atomic mass is 10.2. The first-order chi connectivity index (χ1) is 8.97. The van der Waals surface area contributed by atoms with Gasteiger partial charge in [-0.3, -0.25) is 4.72 Å². The van der Waals surface area contributed by atoms with Crippen LogP contribution < -0.4 is 18.9 Å². The van der Waals surface area contributed by atoms with Crippen LogP contribution in [0.2, 0.25) is 0 Å². The van der Waals surface area contributed by atoms with Crippen molar-refractivity contribution < 1.29 is 22.6 Å². The summed E-state index contributed by atoms with van der Waals surface area (Å²) in [5.41, 5.74) is 0.319. The van der Waals surface area contributed by atoms with Gasteiger partial charge in [-0.25, -0.2) is 8.42 Å². The van der Waals surface area contributed by atoms with Gasteiger partial charge in [-0.05, 0) is 0 Å². The van der Waals surface area contributed by atoms with Crippen molar-refractivity contribution in [1.29, 1.82) is 0 Å². The number of nitrogens with one attached hydrogen (secondary N) is 1. The Labute approximate surface area is 117 Å². The van der Waals surface area contributed by atoms with Crippen LogP contribution >= 0.6 is 11.6 Å². The smallest absolute Gasteiger partial charge is 0.233 e. The van der Waals surface area contributed by atoms with Crippen LogP contribution in [0.1, 0.15) is 0 Å². The van der Waals surface area contributed by atoms with Crippen molar-refractivity contribution in [2.45, 2.75) is 0 Å². The Morgan fingerprint density at radius 3 is 2.00 bits per heavy atom. The van der Waals surface area contributed by atoms with E-state index in [1.807, 2.05) is 0 Å². The van der Waals surface area contributed by atoms with E-state index in [4.69, 9.17) is 25.8 Å². The van der Waals surface area contributed by atoms with Crippen LogP contribution in [0.15, 0.2) is 12.1 Å². The molecule has 0 saturated heterocycles. The van der Waals surface area contributed by atoms with Gasteiger partial charge in [-0.2, -0.15) is 0 Å². The Morgan fingerprint density at radius 1 is 1.11 bits per heavy atom. The normalized spacial score (nSPS) is 10.9. The number of alkyl halides is 1. The van der Waals surface area contributed by atoms with Crippen LogP contribution in [0.4, 0.5) is 5.69 Å². The minimum absolute atomic E-state index is 0.0136. The Bertz CT molecular complexity index is 507. The SMILES string of the molecule is COc1cc(NS(=O)(=O)CCCl)cc(OC)c1OC. The maximum Gasteiger partial charge on any atom is 0.233 e. The van der Waals surface area contributed by atoms with E-state index in [1.54, 1.807) is 0 Å².